The van der Waals surface area contributed by atoms with Crippen molar-refractivity contribution in [2.75, 3.05) is 0 Å². The Bertz CT molecular complexity index is 1600. The summed E-state index contributed by atoms with van der Waals surface area (Å²) in [7, 11) is 0. The van der Waals surface area contributed by atoms with E-state index in [1.807, 2.05) is 60.7 Å². The van der Waals surface area contributed by atoms with Crippen molar-refractivity contribution in [2.24, 2.45) is 0 Å². The van der Waals surface area contributed by atoms with Crippen molar-refractivity contribution in [3.05, 3.63) is 131 Å². The number of nitrogens with one attached hydrogen (secondary N) is 1. The molecule has 190 valence electrons. The number of carbonyl (C=O) groups excluding carboxylic acids is 2. The summed E-state index contributed by atoms with van der Waals surface area (Å²) in [4.78, 5) is 24.3. The number of amides is 1. The van der Waals surface area contributed by atoms with Gasteiger partial charge in [0.15, 0.2) is 0 Å². The van der Waals surface area contributed by atoms with Crippen LogP contribution in [-0.4, -0.2) is 16.8 Å². The van der Waals surface area contributed by atoms with E-state index in [9.17, 15) is 9.59 Å². The smallest absolute Gasteiger partial charge is 0.251 e. The summed E-state index contributed by atoms with van der Waals surface area (Å²) in [6.07, 6.45) is 1.69. The van der Waals surface area contributed by atoms with Crippen LogP contribution in [0.25, 0.3) is 22.0 Å². The van der Waals surface area contributed by atoms with Gasteiger partial charge in [-0.05, 0) is 66.3 Å². The van der Waals surface area contributed by atoms with E-state index in [1.165, 1.54) is 16.8 Å². The van der Waals surface area contributed by atoms with E-state index in [4.69, 9.17) is 0 Å². The predicted molar refractivity (Wildman–Crippen MR) is 155 cm³/mol. The molecule has 1 N–H and O–H groups in total. The molecule has 1 unspecified atom stereocenters. The van der Waals surface area contributed by atoms with Crippen LogP contribution in [0, 0.1) is 13.8 Å². The number of carbonyl (C=O) groups is 2. The van der Waals surface area contributed by atoms with Crippen LogP contribution in [0.2, 0.25) is 0 Å². The largest absolute Gasteiger partial charge is 0.345 e. The molecule has 0 spiro atoms. The number of aromatic nitrogens is 1. The zero-order chi connectivity index (χ0) is 26.6. The highest BCUT2D eigenvalue weighted by molar-refractivity contribution is 5.99. The lowest BCUT2D eigenvalue weighted by Crippen LogP contribution is -2.28. The summed E-state index contributed by atoms with van der Waals surface area (Å²) in [5, 5.41) is 4.30. The minimum atomic E-state index is -0.0588. The first-order valence-electron chi connectivity index (χ1n) is 13.1. The fraction of sp³-hybridized carbons (Fsp3) is 0.176. The number of nitrogens with zero attached hydrogens (tertiary/aromatic N) is 1. The van der Waals surface area contributed by atoms with Crippen molar-refractivity contribution in [2.45, 2.75) is 39.8 Å². The second-order valence-electron chi connectivity index (χ2n) is 9.77. The molecule has 1 heterocycles. The molecule has 0 radical (unpaired) electrons. The van der Waals surface area contributed by atoms with Gasteiger partial charge in [-0.1, -0.05) is 85.8 Å². The minimum Gasteiger partial charge on any atom is -0.345 e. The average Bonchev–Trinajstić information content (AvgIpc) is 3.20. The second kappa shape index (κ2) is 10.9. The molecule has 0 aliphatic carbocycles. The molecule has 1 amide bonds. The van der Waals surface area contributed by atoms with Crippen molar-refractivity contribution >= 4 is 23.1 Å². The first-order chi connectivity index (χ1) is 18.5. The number of fused-ring (bicyclic) bond motifs is 1. The molecule has 0 aliphatic heterocycles. The Morgan fingerprint density at radius 1 is 0.895 bits per heavy atom. The van der Waals surface area contributed by atoms with E-state index in [0.29, 0.717) is 17.7 Å². The van der Waals surface area contributed by atoms with Crippen LogP contribution >= 0.6 is 0 Å². The zero-order valence-corrected chi connectivity index (χ0v) is 22.1. The molecule has 0 fully saturated rings. The van der Waals surface area contributed by atoms with Gasteiger partial charge in [0.2, 0.25) is 0 Å². The van der Waals surface area contributed by atoms with Crippen LogP contribution in [0.1, 0.15) is 62.5 Å². The van der Waals surface area contributed by atoms with E-state index in [2.05, 4.69) is 67.1 Å². The Morgan fingerprint density at radius 2 is 1.61 bits per heavy atom. The van der Waals surface area contributed by atoms with E-state index >= 15 is 0 Å². The van der Waals surface area contributed by atoms with E-state index < -0.39 is 0 Å². The van der Waals surface area contributed by atoms with Gasteiger partial charge >= 0.3 is 0 Å². The third kappa shape index (κ3) is 4.90. The molecule has 38 heavy (non-hydrogen) atoms. The Morgan fingerprint density at radius 3 is 2.32 bits per heavy atom. The quantitative estimate of drug-likeness (QED) is 0.222. The Balaban J connectivity index is 1.46. The first-order valence-corrected chi connectivity index (χ1v) is 13.1. The van der Waals surface area contributed by atoms with Gasteiger partial charge in [0.1, 0.15) is 6.29 Å². The third-order valence-corrected chi connectivity index (χ3v) is 7.52. The topological polar surface area (TPSA) is 51.1 Å². The highest BCUT2D eigenvalue weighted by Gasteiger charge is 2.18. The highest BCUT2D eigenvalue weighted by Crippen LogP contribution is 2.30. The molecule has 0 saturated carbocycles. The van der Waals surface area contributed by atoms with Crippen molar-refractivity contribution in [1.29, 1.82) is 0 Å². The maximum Gasteiger partial charge on any atom is 0.251 e. The standard InChI is InChI=1S/C34H32N2O2/c1-4-32(27-10-6-5-7-11-27)35-34(38)28-18-19-33-31(20-28)23(2)24(3)36(33)21-29-12-8-9-13-30(29)26-16-14-25(22-37)15-17-26/h5-20,22,32H,4,21H2,1-3H3,(H,35,38). The summed E-state index contributed by atoms with van der Waals surface area (Å²) in [5.74, 6) is -0.0588. The summed E-state index contributed by atoms with van der Waals surface area (Å²) in [5.41, 5.74) is 9.34. The van der Waals surface area contributed by atoms with E-state index in [1.54, 1.807) is 0 Å². The molecular formula is C34H32N2O2. The van der Waals surface area contributed by atoms with Gasteiger partial charge in [-0.25, -0.2) is 0 Å². The van der Waals surface area contributed by atoms with Crippen molar-refractivity contribution in [3.63, 3.8) is 0 Å². The Labute approximate surface area is 223 Å². The third-order valence-electron chi connectivity index (χ3n) is 7.52. The average molecular weight is 501 g/mol. The van der Waals surface area contributed by atoms with Crippen LogP contribution in [0.3, 0.4) is 0 Å². The number of benzene rings is 4. The Kier molecular flexibility index (Phi) is 7.23. The van der Waals surface area contributed by atoms with Gasteiger partial charge in [0.05, 0.1) is 6.04 Å². The van der Waals surface area contributed by atoms with Crippen LogP contribution in [-0.2, 0) is 6.54 Å². The minimum absolute atomic E-state index is 0.0241. The van der Waals surface area contributed by atoms with E-state index in [0.717, 1.165) is 40.3 Å². The number of hydrogen-bond acceptors (Lipinski definition) is 2. The highest BCUT2D eigenvalue weighted by atomic mass is 16.1. The molecule has 1 atom stereocenters. The molecule has 0 aliphatic rings. The summed E-state index contributed by atoms with van der Waals surface area (Å²) >= 11 is 0. The lowest BCUT2D eigenvalue weighted by Gasteiger charge is -2.17. The molecular weight excluding hydrogens is 468 g/mol. The molecule has 4 heteroatoms. The van der Waals surface area contributed by atoms with Crippen LogP contribution in [0.4, 0.5) is 0 Å². The SMILES string of the molecule is CCC(NC(=O)c1ccc2c(c1)c(C)c(C)n2Cc1ccccc1-c1ccc(C=O)cc1)c1ccccc1. The lowest BCUT2D eigenvalue weighted by molar-refractivity contribution is 0.0935. The molecule has 5 rings (SSSR count). The lowest BCUT2D eigenvalue weighted by atomic mass is 9.98. The van der Waals surface area contributed by atoms with Gasteiger partial charge in [-0.15, -0.1) is 0 Å². The molecule has 0 bridgehead atoms. The van der Waals surface area contributed by atoms with Gasteiger partial charge in [0.25, 0.3) is 5.91 Å². The molecule has 4 nitrogen and oxygen atoms in total. The summed E-state index contributed by atoms with van der Waals surface area (Å²) in [6, 6.07) is 32.2. The van der Waals surface area contributed by atoms with Crippen LogP contribution in [0.15, 0.2) is 97.1 Å². The van der Waals surface area contributed by atoms with Crippen LogP contribution in [0.5, 0.6) is 0 Å². The monoisotopic (exact) mass is 500 g/mol. The summed E-state index contributed by atoms with van der Waals surface area (Å²) in [6.45, 7) is 7.06. The van der Waals surface area contributed by atoms with Crippen molar-refractivity contribution in [3.8, 4) is 11.1 Å². The normalized spacial score (nSPS) is 11.9. The molecule has 5 aromatic rings. The molecule has 4 aromatic carbocycles. The van der Waals surface area contributed by atoms with Crippen LogP contribution < -0.4 is 5.32 Å². The number of aldehydes is 1. The summed E-state index contributed by atoms with van der Waals surface area (Å²) < 4.78 is 2.32. The number of rotatable bonds is 8. The fourth-order valence-electron chi connectivity index (χ4n) is 5.19. The Hall–Kier alpha value is -4.44. The number of aryl methyl sites for hydroxylation is 1. The number of hydrogen-bond donors (Lipinski definition) is 1. The van der Waals surface area contributed by atoms with Gasteiger partial charge in [0, 0.05) is 34.3 Å². The van der Waals surface area contributed by atoms with Gasteiger partial charge in [-0.3, -0.25) is 9.59 Å². The fourth-order valence-corrected chi connectivity index (χ4v) is 5.19. The first kappa shape index (κ1) is 25.2. The van der Waals surface area contributed by atoms with E-state index in [-0.39, 0.29) is 11.9 Å². The molecule has 0 saturated heterocycles. The maximum atomic E-state index is 13.2. The second-order valence-corrected chi connectivity index (χ2v) is 9.77. The maximum absolute atomic E-state index is 13.2. The zero-order valence-electron chi connectivity index (χ0n) is 22.1. The van der Waals surface area contributed by atoms with Crippen molar-refractivity contribution < 1.29 is 9.59 Å². The van der Waals surface area contributed by atoms with Gasteiger partial charge < -0.3 is 9.88 Å². The predicted octanol–water partition coefficient (Wildman–Crippen LogP) is 7.67. The molecule has 1 aromatic heterocycles. The van der Waals surface area contributed by atoms with Crippen molar-refractivity contribution in [1.82, 2.24) is 9.88 Å². The van der Waals surface area contributed by atoms with Gasteiger partial charge in [-0.2, -0.15) is 0 Å².